The van der Waals surface area contributed by atoms with Gasteiger partial charge in [0.25, 0.3) is 0 Å². The van der Waals surface area contributed by atoms with Gasteiger partial charge in [0.2, 0.25) is 15.9 Å². The van der Waals surface area contributed by atoms with Crippen molar-refractivity contribution in [2.24, 2.45) is 0 Å². The van der Waals surface area contributed by atoms with E-state index in [0.717, 1.165) is 11.3 Å². The second-order valence-electron chi connectivity index (χ2n) is 5.82. The van der Waals surface area contributed by atoms with Crippen LogP contribution in [0.1, 0.15) is 5.69 Å². The average Bonchev–Trinajstić information content (AvgIpc) is 3.16. The van der Waals surface area contributed by atoms with Gasteiger partial charge in [-0.2, -0.15) is 0 Å². The van der Waals surface area contributed by atoms with Gasteiger partial charge in [0.1, 0.15) is 17.8 Å². The molecule has 0 aliphatic rings. The number of aromatic nitrogens is 1. The van der Waals surface area contributed by atoms with Crippen molar-refractivity contribution in [2.45, 2.75) is 11.3 Å². The van der Waals surface area contributed by atoms with Gasteiger partial charge in [-0.15, -0.1) is 0 Å². The lowest BCUT2D eigenvalue weighted by atomic mass is 10.2. The van der Waals surface area contributed by atoms with Crippen LogP contribution in [0.2, 0.25) is 5.02 Å². The molecule has 0 radical (unpaired) electrons. The Morgan fingerprint density at radius 2 is 1.86 bits per heavy atom. The monoisotopic (exact) mass is 422 g/mol. The highest BCUT2D eigenvalue weighted by Gasteiger charge is 2.16. The zero-order valence-corrected chi connectivity index (χ0v) is 16.9. The molecule has 1 aromatic heterocycles. The number of halogens is 1. The van der Waals surface area contributed by atoms with E-state index >= 15 is 0 Å². The second-order valence-corrected chi connectivity index (χ2v) is 7.99. The largest absolute Gasteiger partial charge is 0.497 e. The summed E-state index contributed by atoms with van der Waals surface area (Å²) in [4.78, 5) is 4.45. The van der Waals surface area contributed by atoms with Crippen LogP contribution in [-0.2, 0) is 16.4 Å². The summed E-state index contributed by atoms with van der Waals surface area (Å²) in [5.74, 6) is 1.61. The van der Waals surface area contributed by atoms with E-state index in [1.165, 1.54) is 31.6 Å². The first-order valence-electron chi connectivity index (χ1n) is 8.35. The molecule has 0 amide bonds. The molecule has 1 N–H and O–H groups in total. The summed E-state index contributed by atoms with van der Waals surface area (Å²) >= 11 is 6.00. The van der Waals surface area contributed by atoms with Gasteiger partial charge in [-0.05, 0) is 42.5 Å². The topological polar surface area (TPSA) is 90.7 Å². The van der Waals surface area contributed by atoms with E-state index in [1.54, 1.807) is 7.11 Å². The molecule has 0 unspecified atom stereocenters. The van der Waals surface area contributed by atoms with E-state index in [4.69, 9.17) is 25.5 Å². The molecule has 7 nitrogen and oxygen atoms in total. The Balaban J connectivity index is 1.61. The molecule has 0 aliphatic carbocycles. The average molecular weight is 423 g/mol. The molecule has 0 aliphatic heterocycles. The molecule has 0 spiro atoms. The molecule has 148 valence electrons. The Hall–Kier alpha value is -2.55. The predicted molar refractivity (Wildman–Crippen MR) is 105 cm³/mol. The van der Waals surface area contributed by atoms with Gasteiger partial charge in [-0.25, -0.2) is 18.1 Å². The van der Waals surface area contributed by atoms with Crippen molar-refractivity contribution in [1.82, 2.24) is 9.71 Å². The number of methoxy groups -OCH3 is 2. The summed E-state index contributed by atoms with van der Waals surface area (Å²) in [6.45, 7) is 0.167. The summed E-state index contributed by atoms with van der Waals surface area (Å²) in [5.41, 5.74) is 1.45. The highest BCUT2D eigenvalue weighted by molar-refractivity contribution is 7.89. The van der Waals surface area contributed by atoms with E-state index in [9.17, 15) is 8.42 Å². The predicted octanol–water partition coefficient (Wildman–Crippen LogP) is 3.53. The normalized spacial score (nSPS) is 11.4. The van der Waals surface area contributed by atoms with E-state index < -0.39 is 10.0 Å². The van der Waals surface area contributed by atoms with Crippen molar-refractivity contribution in [2.75, 3.05) is 20.8 Å². The fraction of sp³-hybridized carbons (Fsp3) is 0.211. The van der Waals surface area contributed by atoms with Gasteiger partial charge in [0, 0.05) is 18.5 Å². The number of hydrogen-bond acceptors (Lipinski definition) is 6. The number of benzene rings is 2. The Morgan fingerprint density at radius 3 is 2.50 bits per heavy atom. The number of nitrogens with zero attached hydrogens (tertiary/aromatic N) is 1. The quantitative estimate of drug-likeness (QED) is 0.597. The second kappa shape index (κ2) is 8.64. The van der Waals surface area contributed by atoms with E-state index in [2.05, 4.69) is 9.71 Å². The number of sulfonamides is 1. The first-order valence-corrected chi connectivity index (χ1v) is 10.2. The number of nitrogens with one attached hydrogen (secondary N) is 1. The Bertz CT molecular complexity index is 1050. The standard InChI is InChI=1S/C19H19ClN2O5S/c1-25-15-5-3-13(4-6-15)19-22-14(12-27-19)9-10-21-28(23,24)16-7-8-18(26-2)17(20)11-16/h3-8,11-12,21H,9-10H2,1-2H3. The number of rotatable bonds is 8. The fourth-order valence-corrected chi connectivity index (χ4v) is 3.88. The van der Waals surface area contributed by atoms with Crippen LogP contribution >= 0.6 is 11.6 Å². The lowest BCUT2D eigenvalue weighted by Crippen LogP contribution is -2.26. The lowest BCUT2D eigenvalue weighted by Gasteiger charge is -2.08. The molecule has 2 aromatic carbocycles. The van der Waals surface area contributed by atoms with Crippen LogP contribution in [0, 0.1) is 0 Å². The third kappa shape index (κ3) is 4.64. The van der Waals surface area contributed by atoms with E-state index in [1.807, 2.05) is 24.3 Å². The molecule has 1 heterocycles. The maximum Gasteiger partial charge on any atom is 0.240 e. The van der Waals surface area contributed by atoms with Crippen molar-refractivity contribution >= 4 is 21.6 Å². The van der Waals surface area contributed by atoms with Crippen LogP contribution in [0.4, 0.5) is 0 Å². The highest BCUT2D eigenvalue weighted by Crippen LogP contribution is 2.27. The minimum absolute atomic E-state index is 0.0670. The summed E-state index contributed by atoms with van der Waals surface area (Å²) in [5, 5.41) is 0.228. The van der Waals surface area contributed by atoms with Gasteiger partial charge in [0.15, 0.2) is 0 Å². The molecule has 3 rings (SSSR count). The molecular formula is C19H19ClN2O5S. The van der Waals surface area contributed by atoms with Crippen LogP contribution in [0.15, 0.2) is 58.0 Å². The van der Waals surface area contributed by atoms with Crippen molar-refractivity contribution in [3.63, 3.8) is 0 Å². The van der Waals surface area contributed by atoms with Crippen LogP contribution in [0.25, 0.3) is 11.5 Å². The van der Waals surface area contributed by atoms with Gasteiger partial charge >= 0.3 is 0 Å². The summed E-state index contributed by atoms with van der Waals surface area (Å²) in [6, 6.07) is 11.6. The Morgan fingerprint density at radius 1 is 1.11 bits per heavy atom. The molecule has 28 heavy (non-hydrogen) atoms. The maximum atomic E-state index is 12.4. The fourth-order valence-electron chi connectivity index (χ4n) is 2.50. The van der Waals surface area contributed by atoms with Crippen molar-refractivity contribution < 1.29 is 22.3 Å². The molecule has 0 saturated heterocycles. The number of ether oxygens (including phenoxy) is 2. The molecular weight excluding hydrogens is 404 g/mol. The zero-order chi connectivity index (χ0) is 20.1. The summed E-state index contributed by atoms with van der Waals surface area (Å²) in [7, 11) is -0.633. The molecule has 0 atom stereocenters. The van der Waals surface area contributed by atoms with E-state index in [0.29, 0.717) is 23.8 Å². The van der Waals surface area contributed by atoms with Crippen molar-refractivity contribution in [3.05, 3.63) is 59.4 Å². The van der Waals surface area contributed by atoms with Gasteiger partial charge in [-0.1, -0.05) is 11.6 Å². The molecule has 0 bridgehead atoms. The lowest BCUT2D eigenvalue weighted by molar-refractivity contribution is 0.414. The zero-order valence-electron chi connectivity index (χ0n) is 15.3. The molecule has 9 heteroatoms. The summed E-state index contributed by atoms with van der Waals surface area (Å²) in [6.07, 6.45) is 1.89. The highest BCUT2D eigenvalue weighted by atomic mass is 35.5. The molecule has 3 aromatic rings. The molecule has 0 fully saturated rings. The molecule has 0 saturated carbocycles. The Labute approximate surface area is 168 Å². The SMILES string of the molecule is COc1ccc(-c2nc(CCNS(=O)(=O)c3ccc(OC)c(Cl)c3)co2)cc1. The Kier molecular flexibility index (Phi) is 6.23. The minimum Gasteiger partial charge on any atom is -0.497 e. The van der Waals surface area contributed by atoms with Crippen LogP contribution in [0.5, 0.6) is 11.5 Å². The summed E-state index contributed by atoms with van der Waals surface area (Å²) < 4.78 is 42.9. The maximum absolute atomic E-state index is 12.4. The van der Waals surface area contributed by atoms with Gasteiger partial charge in [0.05, 0.1) is 29.8 Å². The third-order valence-electron chi connectivity index (χ3n) is 4.00. The van der Waals surface area contributed by atoms with Crippen molar-refractivity contribution in [3.8, 4) is 23.0 Å². The smallest absolute Gasteiger partial charge is 0.240 e. The van der Waals surface area contributed by atoms with Crippen LogP contribution < -0.4 is 14.2 Å². The van der Waals surface area contributed by atoms with Crippen LogP contribution in [0.3, 0.4) is 0 Å². The van der Waals surface area contributed by atoms with Crippen molar-refractivity contribution in [1.29, 1.82) is 0 Å². The number of oxazole rings is 1. The first kappa shape index (κ1) is 20.2. The van der Waals surface area contributed by atoms with Crippen LogP contribution in [-0.4, -0.2) is 34.2 Å². The van der Waals surface area contributed by atoms with Gasteiger partial charge in [-0.3, -0.25) is 0 Å². The number of hydrogen-bond donors (Lipinski definition) is 1. The first-order chi connectivity index (χ1) is 13.4. The van der Waals surface area contributed by atoms with Gasteiger partial charge < -0.3 is 13.9 Å². The van der Waals surface area contributed by atoms with E-state index in [-0.39, 0.29) is 16.5 Å². The minimum atomic E-state index is -3.69. The third-order valence-corrected chi connectivity index (χ3v) is 5.75.